The zero-order valence-corrected chi connectivity index (χ0v) is 20.1. The lowest BCUT2D eigenvalue weighted by Gasteiger charge is -2.45. The average Bonchev–Trinajstić information content (AvgIpc) is 3.05. The van der Waals surface area contributed by atoms with E-state index < -0.39 is 0 Å². The third-order valence-electron chi connectivity index (χ3n) is 5.86. The summed E-state index contributed by atoms with van der Waals surface area (Å²) in [5.41, 5.74) is 4.40. The molecular weight excluding hydrogens is 388 g/mol. The Morgan fingerprint density at radius 2 is 1.84 bits per heavy atom. The molecule has 1 aliphatic heterocycles. The van der Waals surface area contributed by atoms with Crippen molar-refractivity contribution >= 4 is 5.96 Å². The summed E-state index contributed by atoms with van der Waals surface area (Å²) in [5, 5.41) is 11.6. The standard InChI is InChI=1S/C24H38N6O/c1-17-12-18(2)30(28-17)22-11-9-8-10-21(22)13-26-23(25-7)27-16-24(5,6)29-14-19(3)31-20(4)15-29/h8-12,19-20H,13-16H2,1-7H3,(H2,25,26,27). The quantitative estimate of drug-likeness (QED) is 0.549. The molecule has 0 amide bonds. The molecule has 0 bridgehead atoms. The van der Waals surface area contributed by atoms with Crippen molar-refractivity contribution in [3.05, 3.63) is 47.3 Å². The Morgan fingerprint density at radius 1 is 1.16 bits per heavy atom. The highest BCUT2D eigenvalue weighted by Crippen LogP contribution is 2.21. The van der Waals surface area contributed by atoms with Crippen molar-refractivity contribution in [1.29, 1.82) is 0 Å². The summed E-state index contributed by atoms with van der Waals surface area (Å²) in [5.74, 6) is 0.797. The van der Waals surface area contributed by atoms with Crippen molar-refractivity contribution in [3.63, 3.8) is 0 Å². The first-order chi connectivity index (χ1) is 14.7. The molecule has 31 heavy (non-hydrogen) atoms. The molecule has 2 N–H and O–H groups in total. The minimum atomic E-state index is -0.00841. The lowest BCUT2D eigenvalue weighted by molar-refractivity contribution is -0.0946. The fourth-order valence-corrected chi connectivity index (χ4v) is 4.22. The summed E-state index contributed by atoms with van der Waals surface area (Å²) in [6.07, 6.45) is 0.512. The number of guanidine groups is 1. The third-order valence-corrected chi connectivity index (χ3v) is 5.86. The van der Waals surface area contributed by atoms with Crippen LogP contribution in [0.25, 0.3) is 5.69 Å². The van der Waals surface area contributed by atoms with Gasteiger partial charge >= 0.3 is 0 Å². The molecule has 0 saturated carbocycles. The van der Waals surface area contributed by atoms with Gasteiger partial charge in [-0.3, -0.25) is 9.89 Å². The summed E-state index contributed by atoms with van der Waals surface area (Å²) >= 11 is 0. The lowest BCUT2D eigenvalue weighted by Crippen LogP contribution is -2.59. The molecule has 2 unspecified atom stereocenters. The number of ether oxygens (including phenoxy) is 1. The second-order valence-electron chi connectivity index (χ2n) is 9.22. The maximum Gasteiger partial charge on any atom is 0.191 e. The average molecular weight is 427 g/mol. The van der Waals surface area contributed by atoms with E-state index in [2.05, 4.69) is 90.6 Å². The molecule has 2 aromatic rings. The highest BCUT2D eigenvalue weighted by Gasteiger charge is 2.33. The minimum Gasteiger partial charge on any atom is -0.373 e. The van der Waals surface area contributed by atoms with E-state index in [9.17, 15) is 0 Å². The SMILES string of the molecule is CN=C(NCc1ccccc1-n1nc(C)cc1C)NCC(C)(C)N1CC(C)OC(C)C1. The van der Waals surface area contributed by atoms with E-state index in [0.29, 0.717) is 6.54 Å². The van der Waals surface area contributed by atoms with Crippen LogP contribution in [-0.4, -0.2) is 65.1 Å². The van der Waals surface area contributed by atoms with Crippen LogP contribution in [0.3, 0.4) is 0 Å². The van der Waals surface area contributed by atoms with Crippen molar-refractivity contribution in [2.24, 2.45) is 4.99 Å². The Kier molecular flexibility index (Phi) is 7.38. The zero-order chi connectivity index (χ0) is 22.6. The molecule has 7 nitrogen and oxygen atoms in total. The van der Waals surface area contributed by atoms with E-state index in [1.165, 1.54) is 5.56 Å². The van der Waals surface area contributed by atoms with Gasteiger partial charge < -0.3 is 15.4 Å². The van der Waals surface area contributed by atoms with Crippen molar-refractivity contribution in [2.75, 3.05) is 26.7 Å². The van der Waals surface area contributed by atoms with Gasteiger partial charge in [0.2, 0.25) is 0 Å². The van der Waals surface area contributed by atoms with Crippen LogP contribution in [0.4, 0.5) is 0 Å². The van der Waals surface area contributed by atoms with Gasteiger partial charge in [0, 0.05) is 44.5 Å². The van der Waals surface area contributed by atoms with Gasteiger partial charge in [-0.1, -0.05) is 18.2 Å². The van der Waals surface area contributed by atoms with Crippen molar-refractivity contribution in [2.45, 2.75) is 65.8 Å². The maximum atomic E-state index is 5.90. The first kappa shape index (κ1) is 23.3. The molecule has 1 fully saturated rings. The van der Waals surface area contributed by atoms with Crippen LogP contribution < -0.4 is 10.6 Å². The van der Waals surface area contributed by atoms with E-state index in [4.69, 9.17) is 4.74 Å². The second-order valence-corrected chi connectivity index (χ2v) is 9.22. The third kappa shape index (κ3) is 5.86. The van der Waals surface area contributed by atoms with Gasteiger partial charge in [-0.05, 0) is 59.2 Å². The number of aromatic nitrogens is 2. The Balaban J connectivity index is 1.62. The van der Waals surface area contributed by atoms with Crippen LogP contribution >= 0.6 is 0 Å². The molecule has 2 heterocycles. The summed E-state index contributed by atoms with van der Waals surface area (Å²) in [6, 6.07) is 10.4. The van der Waals surface area contributed by atoms with E-state index in [1.54, 1.807) is 0 Å². The molecule has 1 aromatic heterocycles. The highest BCUT2D eigenvalue weighted by atomic mass is 16.5. The van der Waals surface area contributed by atoms with E-state index in [1.807, 2.05) is 18.7 Å². The van der Waals surface area contributed by atoms with Gasteiger partial charge in [0.15, 0.2) is 5.96 Å². The predicted molar refractivity (Wildman–Crippen MR) is 127 cm³/mol. The highest BCUT2D eigenvalue weighted by molar-refractivity contribution is 5.79. The Morgan fingerprint density at radius 3 is 2.45 bits per heavy atom. The van der Waals surface area contributed by atoms with Crippen LogP contribution in [-0.2, 0) is 11.3 Å². The van der Waals surface area contributed by atoms with Crippen molar-refractivity contribution in [3.8, 4) is 5.69 Å². The first-order valence-corrected chi connectivity index (χ1v) is 11.2. The molecule has 7 heteroatoms. The van der Waals surface area contributed by atoms with Gasteiger partial charge in [-0.25, -0.2) is 4.68 Å². The smallest absolute Gasteiger partial charge is 0.191 e. The number of benzene rings is 1. The Bertz CT molecular complexity index is 893. The van der Waals surface area contributed by atoms with Crippen LogP contribution in [0.2, 0.25) is 0 Å². The molecule has 1 aromatic carbocycles. The number of aryl methyl sites for hydroxylation is 2. The molecule has 2 atom stereocenters. The lowest BCUT2D eigenvalue weighted by atomic mass is 10.00. The van der Waals surface area contributed by atoms with Gasteiger partial charge in [-0.2, -0.15) is 5.10 Å². The number of nitrogens with zero attached hydrogens (tertiary/aromatic N) is 4. The van der Waals surface area contributed by atoms with Gasteiger partial charge in [0.05, 0.1) is 23.6 Å². The molecule has 3 rings (SSSR count). The molecule has 1 saturated heterocycles. The van der Waals surface area contributed by atoms with Crippen LogP contribution in [0.1, 0.15) is 44.6 Å². The molecule has 0 radical (unpaired) electrons. The number of aliphatic imine (C=N–C) groups is 1. The molecular formula is C24H38N6O. The topological polar surface area (TPSA) is 66.7 Å². The Hall–Kier alpha value is -2.38. The van der Waals surface area contributed by atoms with Crippen molar-refractivity contribution < 1.29 is 4.74 Å². The number of para-hydroxylation sites is 1. The number of morpholine rings is 1. The number of hydrogen-bond donors (Lipinski definition) is 2. The molecule has 1 aliphatic rings. The van der Waals surface area contributed by atoms with Crippen molar-refractivity contribution in [1.82, 2.24) is 25.3 Å². The fraction of sp³-hybridized carbons (Fsp3) is 0.583. The van der Waals surface area contributed by atoms with Crippen LogP contribution in [0, 0.1) is 13.8 Å². The summed E-state index contributed by atoms with van der Waals surface area (Å²) in [4.78, 5) is 6.94. The molecule has 0 aliphatic carbocycles. The maximum absolute atomic E-state index is 5.90. The number of nitrogens with one attached hydrogen (secondary N) is 2. The van der Waals surface area contributed by atoms with E-state index >= 15 is 0 Å². The summed E-state index contributed by atoms with van der Waals surface area (Å²) < 4.78 is 7.90. The normalized spacial score (nSPS) is 20.7. The zero-order valence-electron chi connectivity index (χ0n) is 20.1. The predicted octanol–water partition coefficient (Wildman–Crippen LogP) is 3.04. The Labute approximate surface area is 186 Å². The largest absolute Gasteiger partial charge is 0.373 e. The van der Waals surface area contributed by atoms with Crippen LogP contribution in [0.15, 0.2) is 35.3 Å². The number of rotatable bonds is 6. The second kappa shape index (κ2) is 9.83. The first-order valence-electron chi connectivity index (χ1n) is 11.2. The van der Waals surface area contributed by atoms with Gasteiger partial charge in [0.25, 0.3) is 0 Å². The fourth-order valence-electron chi connectivity index (χ4n) is 4.22. The summed E-state index contributed by atoms with van der Waals surface area (Å²) in [7, 11) is 1.81. The molecule has 170 valence electrons. The van der Waals surface area contributed by atoms with E-state index in [-0.39, 0.29) is 17.7 Å². The summed E-state index contributed by atoms with van der Waals surface area (Å²) in [6.45, 7) is 16.3. The molecule has 0 spiro atoms. The minimum absolute atomic E-state index is 0.00841. The van der Waals surface area contributed by atoms with Gasteiger partial charge in [-0.15, -0.1) is 0 Å². The van der Waals surface area contributed by atoms with Gasteiger partial charge in [0.1, 0.15) is 0 Å². The monoisotopic (exact) mass is 426 g/mol. The van der Waals surface area contributed by atoms with E-state index in [0.717, 1.165) is 42.7 Å². The van der Waals surface area contributed by atoms with Crippen LogP contribution in [0.5, 0.6) is 0 Å². The number of hydrogen-bond acceptors (Lipinski definition) is 4.